The number of aliphatic hydroxyl groups excluding tert-OH is 3. The van der Waals surface area contributed by atoms with Crippen LogP contribution in [0.15, 0.2) is 36.2 Å². The molecule has 4 rings (SSSR count). The predicted octanol–water partition coefficient (Wildman–Crippen LogP) is -0.324. The number of aliphatic carboxylic acids is 1. The molecule has 0 aliphatic carbocycles. The molecule has 5 atom stereocenters. The molecule has 0 spiro atoms. The number of amides is 1. The molecule has 0 bridgehead atoms. The average molecular weight is 459 g/mol. The number of hydrogen-bond donors (Lipinski definition) is 6. The Labute approximate surface area is 187 Å². The highest BCUT2D eigenvalue weighted by atomic mass is 16.5. The molecule has 1 aliphatic heterocycles. The second kappa shape index (κ2) is 8.81. The van der Waals surface area contributed by atoms with Crippen LogP contribution in [0.1, 0.15) is 19.9 Å². The Morgan fingerprint density at radius 3 is 2.64 bits per heavy atom. The first kappa shape index (κ1) is 22.7. The van der Waals surface area contributed by atoms with Gasteiger partial charge in [0.25, 0.3) is 0 Å². The zero-order valence-corrected chi connectivity index (χ0v) is 17.9. The number of carboxylic acids is 1. The van der Waals surface area contributed by atoms with E-state index in [1.165, 1.54) is 6.08 Å². The normalized spacial score (nSPS) is 22.7. The molecule has 176 valence electrons. The maximum Gasteiger partial charge on any atom is 0.370 e. The minimum Gasteiger partial charge on any atom is -0.478 e. The third-order valence-corrected chi connectivity index (χ3v) is 5.71. The van der Waals surface area contributed by atoms with Crippen molar-refractivity contribution in [1.82, 2.24) is 25.3 Å². The van der Waals surface area contributed by atoms with E-state index in [-0.39, 0.29) is 5.91 Å². The molecule has 12 heteroatoms. The summed E-state index contributed by atoms with van der Waals surface area (Å²) in [5.74, 6) is -2.67. The summed E-state index contributed by atoms with van der Waals surface area (Å²) in [5, 5.41) is 50.4. The third kappa shape index (κ3) is 4.03. The van der Waals surface area contributed by atoms with Crippen molar-refractivity contribution in [2.45, 2.75) is 44.2 Å². The Kier molecular flexibility index (Phi) is 6.06. The number of aromatic nitrogens is 4. The van der Waals surface area contributed by atoms with Gasteiger partial charge in [-0.1, -0.05) is 13.8 Å². The molecule has 1 aromatic carbocycles. The SMILES string of the molecule is CC(C)C(=O)N[C@H]1[C@H]([C@H](O)[C@H](O)CO)OC(C(=O)O)=C[C@@H]1n1[nH]nc2ccc3nccc3c21. The van der Waals surface area contributed by atoms with Crippen LogP contribution >= 0.6 is 0 Å². The molecule has 0 saturated heterocycles. The topological polar surface area (TPSA) is 183 Å². The van der Waals surface area contributed by atoms with E-state index in [4.69, 9.17) is 4.74 Å². The van der Waals surface area contributed by atoms with Crippen molar-refractivity contribution in [1.29, 1.82) is 0 Å². The lowest BCUT2D eigenvalue weighted by Crippen LogP contribution is -2.59. The molecule has 3 aromatic rings. The summed E-state index contributed by atoms with van der Waals surface area (Å²) >= 11 is 0. The van der Waals surface area contributed by atoms with E-state index in [1.54, 1.807) is 42.9 Å². The number of nitrogens with one attached hydrogen (secondary N) is 2. The fourth-order valence-electron chi connectivity index (χ4n) is 3.95. The van der Waals surface area contributed by atoms with Crippen molar-refractivity contribution in [2.24, 2.45) is 5.92 Å². The van der Waals surface area contributed by atoms with E-state index in [2.05, 4.69) is 20.6 Å². The lowest BCUT2D eigenvalue weighted by molar-refractivity contribution is -0.147. The van der Waals surface area contributed by atoms with Crippen LogP contribution in [0.5, 0.6) is 0 Å². The second-order valence-corrected chi connectivity index (χ2v) is 8.23. The van der Waals surface area contributed by atoms with Crippen LogP contribution in [-0.4, -0.2) is 83.2 Å². The number of aliphatic hydroxyl groups is 3. The number of ether oxygens (including phenoxy) is 1. The summed E-state index contributed by atoms with van der Waals surface area (Å²) in [5.41, 5.74) is 1.88. The van der Waals surface area contributed by atoms with Gasteiger partial charge >= 0.3 is 5.97 Å². The number of carboxylic acid groups (broad SMARTS) is 1. The molecular formula is C21H25N5O7. The number of benzene rings is 1. The molecule has 0 unspecified atom stereocenters. The first-order valence-electron chi connectivity index (χ1n) is 10.4. The van der Waals surface area contributed by atoms with Crippen LogP contribution in [-0.2, 0) is 14.3 Å². The van der Waals surface area contributed by atoms with Crippen LogP contribution in [0.25, 0.3) is 21.9 Å². The fourth-order valence-corrected chi connectivity index (χ4v) is 3.95. The number of carbonyl (C=O) groups is 2. The van der Waals surface area contributed by atoms with Crippen molar-refractivity contribution in [3.05, 3.63) is 36.2 Å². The van der Waals surface area contributed by atoms with Crippen molar-refractivity contribution >= 4 is 33.8 Å². The van der Waals surface area contributed by atoms with Crippen molar-refractivity contribution in [3.8, 4) is 0 Å². The molecule has 2 aromatic heterocycles. The molecule has 0 saturated carbocycles. The molecule has 6 N–H and O–H groups in total. The number of nitrogens with zero attached hydrogens (tertiary/aromatic N) is 3. The van der Waals surface area contributed by atoms with E-state index in [0.717, 1.165) is 5.39 Å². The zero-order chi connectivity index (χ0) is 23.9. The van der Waals surface area contributed by atoms with Crippen LogP contribution < -0.4 is 5.32 Å². The van der Waals surface area contributed by atoms with Gasteiger partial charge in [0.05, 0.1) is 29.7 Å². The van der Waals surface area contributed by atoms with Crippen LogP contribution in [0.2, 0.25) is 0 Å². The van der Waals surface area contributed by atoms with Crippen LogP contribution in [0, 0.1) is 5.92 Å². The summed E-state index contributed by atoms with van der Waals surface area (Å²) in [6.45, 7) is 2.57. The monoisotopic (exact) mass is 459 g/mol. The molecule has 1 amide bonds. The maximum atomic E-state index is 12.6. The molecular weight excluding hydrogens is 434 g/mol. The van der Waals surface area contributed by atoms with E-state index < -0.39 is 54.6 Å². The number of hydrogen-bond acceptors (Lipinski definition) is 8. The Hall–Kier alpha value is -3.48. The van der Waals surface area contributed by atoms with Gasteiger partial charge in [0.1, 0.15) is 23.8 Å². The fraction of sp³-hybridized carbons (Fsp3) is 0.429. The predicted molar refractivity (Wildman–Crippen MR) is 115 cm³/mol. The van der Waals surface area contributed by atoms with Gasteiger partial charge in [-0.25, -0.2) is 10.0 Å². The van der Waals surface area contributed by atoms with E-state index in [9.17, 15) is 30.0 Å². The molecule has 0 fully saturated rings. The Morgan fingerprint density at radius 2 is 1.97 bits per heavy atom. The van der Waals surface area contributed by atoms with Gasteiger partial charge in [-0.15, -0.1) is 0 Å². The van der Waals surface area contributed by atoms with Gasteiger partial charge in [0.15, 0.2) is 0 Å². The van der Waals surface area contributed by atoms with E-state index in [0.29, 0.717) is 16.6 Å². The van der Waals surface area contributed by atoms with Gasteiger partial charge in [-0.2, -0.15) is 5.10 Å². The summed E-state index contributed by atoms with van der Waals surface area (Å²) < 4.78 is 7.08. The third-order valence-electron chi connectivity index (χ3n) is 5.71. The summed E-state index contributed by atoms with van der Waals surface area (Å²) in [6.07, 6.45) is -1.79. The van der Waals surface area contributed by atoms with E-state index >= 15 is 0 Å². The van der Waals surface area contributed by atoms with Gasteiger partial charge < -0.3 is 30.5 Å². The minimum absolute atomic E-state index is 0.374. The minimum atomic E-state index is -1.70. The molecule has 1 aliphatic rings. The molecule has 33 heavy (non-hydrogen) atoms. The Morgan fingerprint density at radius 1 is 1.24 bits per heavy atom. The number of fused-ring (bicyclic) bond motifs is 3. The summed E-state index contributed by atoms with van der Waals surface area (Å²) in [4.78, 5) is 28.8. The average Bonchev–Trinajstić information content (AvgIpc) is 3.44. The molecule has 0 radical (unpaired) electrons. The van der Waals surface area contributed by atoms with Gasteiger partial charge in [-0.3, -0.25) is 14.5 Å². The molecule has 3 heterocycles. The zero-order valence-electron chi connectivity index (χ0n) is 17.9. The lowest BCUT2D eigenvalue weighted by atomic mass is 9.91. The standard InChI is InChI=1S/C21H25N5O7/c1-9(2)20(30)23-16-13(7-15(21(31)32)33-19(16)18(29)14(28)8-27)26-17-10-5-6-22-11(10)3-4-12(17)24-25-26/h3-7,9,13-14,16,18-19,25,27-29H,8H2,1-2H3,(H,23,30)(H,31,32)/t13-,14+,16+,18+,19+/m0/s1. The van der Waals surface area contributed by atoms with Crippen molar-refractivity contribution in [2.75, 3.05) is 6.61 Å². The highest BCUT2D eigenvalue weighted by molar-refractivity contribution is 6.03. The van der Waals surface area contributed by atoms with Gasteiger partial charge in [-0.05, 0) is 24.3 Å². The first-order valence-corrected chi connectivity index (χ1v) is 10.4. The number of H-pyrrole nitrogens is 1. The van der Waals surface area contributed by atoms with Crippen LogP contribution in [0.3, 0.4) is 0 Å². The van der Waals surface area contributed by atoms with Crippen molar-refractivity contribution < 1.29 is 34.8 Å². The quantitative estimate of drug-likeness (QED) is 0.276. The van der Waals surface area contributed by atoms with Gasteiger partial charge in [0.2, 0.25) is 11.7 Å². The largest absolute Gasteiger partial charge is 0.478 e. The number of aromatic amines is 1. The maximum absolute atomic E-state index is 12.6. The van der Waals surface area contributed by atoms with E-state index in [1.807, 2.05) is 0 Å². The summed E-state index contributed by atoms with van der Waals surface area (Å²) in [7, 11) is 0. The Bertz CT molecular complexity index is 1220. The molecule has 12 nitrogen and oxygen atoms in total. The number of carbonyl (C=O) groups excluding carboxylic acids is 1. The second-order valence-electron chi connectivity index (χ2n) is 8.23. The highest BCUT2D eigenvalue weighted by Gasteiger charge is 2.45. The van der Waals surface area contributed by atoms with Crippen molar-refractivity contribution in [3.63, 3.8) is 0 Å². The highest BCUT2D eigenvalue weighted by Crippen LogP contribution is 2.33. The Balaban J connectivity index is 1.91. The summed E-state index contributed by atoms with van der Waals surface area (Å²) in [6, 6.07) is 3.42. The smallest absolute Gasteiger partial charge is 0.370 e. The van der Waals surface area contributed by atoms with Gasteiger partial charge in [0, 0.05) is 17.5 Å². The number of rotatable bonds is 7. The lowest BCUT2D eigenvalue weighted by Gasteiger charge is -2.40. The first-order chi connectivity index (χ1) is 15.7. The van der Waals surface area contributed by atoms with Crippen LogP contribution in [0.4, 0.5) is 0 Å².